The van der Waals surface area contributed by atoms with E-state index in [0.29, 0.717) is 5.88 Å². The number of aryl methyl sites for hydroxylation is 1. The first-order valence-electron chi connectivity index (χ1n) is 6.30. The van der Waals surface area contributed by atoms with Crippen LogP contribution in [-0.2, 0) is 0 Å². The van der Waals surface area contributed by atoms with Gasteiger partial charge >= 0.3 is 0 Å². The quantitative estimate of drug-likeness (QED) is 0.855. The van der Waals surface area contributed by atoms with Crippen LogP contribution in [0.5, 0.6) is 5.88 Å². The lowest BCUT2D eigenvalue weighted by atomic mass is 9.82. The molecule has 1 heterocycles. The van der Waals surface area contributed by atoms with Gasteiger partial charge in [-0.15, -0.1) is 0 Å². The molecule has 4 heteroatoms. The lowest BCUT2D eigenvalue weighted by Gasteiger charge is -2.31. The number of hydrogen-bond acceptors (Lipinski definition) is 4. The molecule has 94 valence electrons. The van der Waals surface area contributed by atoms with E-state index in [0.717, 1.165) is 30.4 Å². The van der Waals surface area contributed by atoms with E-state index in [4.69, 9.17) is 10.5 Å². The summed E-state index contributed by atoms with van der Waals surface area (Å²) in [5.41, 5.74) is 6.47. The zero-order chi connectivity index (χ0) is 12.4. The lowest BCUT2D eigenvalue weighted by molar-refractivity contribution is 0.0967. The van der Waals surface area contributed by atoms with Crippen molar-refractivity contribution in [1.29, 1.82) is 0 Å². The first-order valence-corrected chi connectivity index (χ1v) is 6.30. The summed E-state index contributed by atoms with van der Waals surface area (Å²) in [6, 6.07) is 1.85. The molecule has 0 bridgehead atoms. The molecule has 2 unspecified atom stereocenters. The van der Waals surface area contributed by atoms with Gasteiger partial charge in [0.05, 0.1) is 0 Å². The monoisotopic (exact) mass is 235 g/mol. The second-order valence-corrected chi connectivity index (χ2v) is 5.36. The average molecular weight is 235 g/mol. The van der Waals surface area contributed by atoms with Crippen LogP contribution in [0.15, 0.2) is 6.07 Å². The third-order valence-corrected chi connectivity index (χ3v) is 3.27. The Hall–Kier alpha value is -1.32. The average Bonchev–Trinajstić information content (AvgIpc) is 2.13. The Morgan fingerprint density at radius 3 is 2.41 bits per heavy atom. The van der Waals surface area contributed by atoms with Crippen molar-refractivity contribution in [3.05, 3.63) is 11.8 Å². The molecule has 17 heavy (non-hydrogen) atoms. The van der Waals surface area contributed by atoms with Crippen molar-refractivity contribution in [3.63, 3.8) is 0 Å². The van der Waals surface area contributed by atoms with E-state index >= 15 is 0 Å². The number of nitrogens with two attached hydrogens (primary N) is 1. The standard InChI is InChI=1S/C13H21N3O/c1-8-4-9(2)6-11(5-8)17-12-7-10(3)15-13(14)16-12/h7-9,11H,4-6H2,1-3H3,(H2,14,15,16). The molecular weight excluding hydrogens is 214 g/mol. The van der Waals surface area contributed by atoms with Crippen LogP contribution < -0.4 is 10.5 Å². The molecule has 0 aromatic carbocycles. The van der Waals surface area contributed by atoms with Gasteiger partial charge in [-0.3, -0.25) is 0 Å². The van der Waals surface area contributed by atoms with Crippen molar-refractivity contribution in [1.82, 2.24) is 9.97 Å². The highest BCUT2D eigenvalue weighted by atomic mass is 16.5. The summed E-state index contributed by atoms with van der Waals surface area (Å²) in [6.07, 6.45) is 3.77. The van der Waals surface area contributed by atoms with Gasteiger partial charge in [0.15, 0.2) is 0 Å². The van der Waals surface area contributed by atoms with Crippen LogP contribution in [0.3, 0.4) is 0 Å². The van der Waals surface area contributed by atoms with E-state index in [9.17, 15) is 0 Å². The van der Waals surface area contributed by atoms with Crippen LogP contribution in [0.25, 0.3) is 0 Å². The number of rotatable bonds is 2. The van der Waals surface area contributed by atoms with E-state index < -0.39 is 0 Å². The Kier molecular flexibility index (Phi) is 3.50. The first kappa shape index (κ1) is 12.1. The minimum Gasteiger partial charge on any atom is -0.474 e. The number of nitrogens with zero attached hydrogens (tertiary/aromatic N) is 2. The third kappa shape index (κ3) is 3.32. The van der Waals surface area contributed by atoms with Crippen molar-refractivity contribution >= 4 is 5.95 Å². The van der Waals surface area contributed by atoms with Gasteiger partial charge in [-0.2, -0.15) is 4.98 Å². The van der Waals surface area contributed by atoms with Crippen LogP contribution in [0, 0.1) is 18.8 Å². The summed E-state index contributed by atoms with van der Waals surface area (Å²) in [5, 5.41) is 0. The fourth-order valence-electron chi connectivity index (χ4n) is 2.76. The fourth-order valence-corrected chi connectivity index (χ4v) is 2.76. The summed E-state index contributed by atoms with van der Waals surface area (Å²) < 4.78 is 5.93. The van der Waals surface area contributed by atoms with Crippen LogP contribution in [-0.4, -0.2) is 16.1 Å². The van der Waals surface area contributed by atoms with Crippen LogP contribution in [0.2, 0.25) is 0 Å². The maximum absolute atomic E-state index is 5.93. The van der Waals surface area contributed by atoms with Gasteiger partial charge in [-0.1, -0.05) is 13.8 Å². The fraction of sp³-hybridized carbons (Fsp3) is 0.692. The molecule has 0 spiro atoms. The zero-order valence-corrected chi connectivity index (χ0v) is 10.8. The minimum absolute atomic E-state index is 0.266. The van der Waals surface area contributed by atoms with Crippen LogP contribution in [0.1, 0.15) is 38.8 Å². The number of aromatic nitrogens is 2. The summed E-state index contributed by atoms with van der Waals surface area (Å²) in [7, 11) is 0. The predicted molar refractivity (Wildman–Crippen MR) is 67.8 cm³/mol. The predicted octanol–water partition coefficient (Wildman–Crippen LogP) is 2.57. The Morgan fingerprint density at radius 2 is 1.82 bits per heavy atom. The Morgan fingerprint density at radius 1 is 1.18 bits per heavy atom. The second-order valence-electron chi connectivity index (χ2n) is 5.36. The lowest BCUT2D eigenvalue weighted by Crippen LogP contribution is -2.28. The van der Waals surface area contributed by atoms with Gasteiger partial charge in [-0.05, 0) is 38.0 Å². The molecule has 1 aromatic rings. The molecule has 1 aliphatic rings. The normalized spacial score (nSPS) is 29.0. The maximum Gasteiger partial charge on any atom is 0.223 e. The van der Waals surface area contributed by atoms with E-state index in [1.807, 2.05) is 13.0 Å². The Labute approximate surface area is 103 Å². The van der Waals surface area contributed by atoms with Gasteiger partial charge in [0.2, 0.25) is 11.8 Å². The van der Waals surface area contributed by atoms with Gasteiger partial charge in [0.25, 0.3) is 0 Å². The molecule has 1 fully saturated rings. The molecule has 2 atom stereocenters. The second kappa shape index (κ2) is 4.90. The van der Waals surface area contributed by atoms with Gasteiger partial charge in [-0.25, -0.2) is 4.98 Å². The highest BCUT2D eigenvalue weighted by Crippen LogP contribution is 2.30. The van der Waals surface area contributed by atoms with Crippen molar-refractivity contribution < 1.29 is 4.74 Å². The van der Waals surface area contributed by atoms with Crippen molar-refractivity contribution in [2.75, 3.05) is 5.73 Å². The third-order valence-electron chi connectivity index (χ3n) is 3.27. The molecule has 0 radical (unpaired) electrons. The highest BCUT2D eigenvalue weighted by molar-refractivity contribution is 5.25. The number of hydrogen-bond donors (Lipinski definition) is 1. The molecule has 2 N–H and O–H groups in total. The molecule has 0 saturated heterocycles. The van der Waals surface area contributed by atoms with Crippen molar-refractivity contribution in [2.45, 2.75) is 46.1 Å². The minimum atomic E-state index is 0.266. The van der Waals surface area contributed by atoms with E-state index in [1.54, 1.807) is 0 Å². The highest BCUT2D eigenvalue weighted by Gasteiger charge is 2.25. The molecule has 2 rings (SSSR count). The van der Waals surface area contributed by atoms with Crippen molar-refractivity contribution in [3.8, 4) is 5.88 Å². The molecule has 1 aromatic heterocycles. The van der Waals surface area contributed by atoms with E-state index in [-0.39, 0.29) is 12.1 Å². The SMILES string of the molecule is Cc1cc(OC2CC(C)CC(C)C2)nc(N)n1. The summed E-state index contributed by atoms with van der Waals surface area (Å²) in [4.78, 5) is 8.17. The van der Waals surface area contributed by atoms with Crippen LogP contribution in [0.4, 0.5) is 5.95 Å². The number of nitrogen functional groups attached to an aromatic ring is 1. The van der Waals surface area contributed by atoms with Gasteiger partial charge < -0.3 is 10.5 Å². The van der Waals surface area contributed by atoms with Gasteiger partial charge in [0.1, 0.15) is 6.10 Å². The summed E-state index contributed by atoms with van der Waals surface area (Å²) in [6.45, 7) is 6.47. The molecular formula is C13H21N3O. The smallest absolute Gasteiger partial charge is 0.223 e. The maximum atomic E-state index is 5.93. The molecule has 0 amide bonds. The topological polar surface area (TPSA) is 61.0 Å². The number of ether oxygens (including phenoxy) is 1. The van der Waals surface area contributed by atoms with Gasteiger partial charge in [0, 0.05) is 11.8 Å². The zero-order valence-electron chi connectivity index (χ0n) is 10.8. The van der Waals surface area contributed by atoms with E-state index in [2.05, 4.69) is 23.8 Å². The summed E-state index contributed by atoms with van der Waals surface area (Å²) >= 11 is 0. The molecule has 4 nitrogen and oxygen atoms in total. The van der Waals surface area contributed by atoms with Crippen LogP contribution >= 0.6 is 0 Å². The Balaban J connectivity index is 2.04. The molecule has 0 aliphatic heterocycles. The first-order chi connectivity index (χ1) is 8.02. The van der Waals surface area contributed by atoms with Crippen molar-refractivity contribution in [2.24, 2.45) is 11.8 Å². The molecule has 1 saturated carbocycles. The largest absolute Gasteiger partial charge is 0.474 e. The summed E-state index contributed by atoms with van der Waals surface area (Å²) in [5.74, 6) is 2.35. The molecule has 1 aliphatic carbocycles. The Bertz CT molecular complexity index is 364. The number of anilines is 1. The van der Waals surface area contributed by atoms with E-state index in [1.165, 1.54) is 6.42 Å².